The predicted octanol–water partition coefficient (Wildman–Crippen LogP) is 3.53. The number of hydrogen-bond donors (Lipinski definition) is 1. The Morgan fingerprint density at radius 3 is 2.56 bits per heavy atom. The minimum Gasteiger partial charge on any atom is -0.383 e. The maximum atomic E-state index is 12.3. The van der Waals surface area contributed by atoms with Crippen LogP contribution in [0.3, 0.4) is 0 Å². The van der Waals surface area contributed by atoms with E-state index in [-0.39, 0.29) is 0 Å². The summed E-state index contributed by atoms with van der Waals surface area (Å²) in [5, 5.41) is 2.95. The number of nitrogens with one attached hydrogen (secondary N) is 1. The molecule has 1 aromatic rings. The lowest BCUT2D eigenvalue weighted by atomic mass is 10.2. The summed E-state index contributed by atoms with van der Waals surface area (Å²) in [6.07, 6.45) is -4.31. The van der Waals surface area contributed by atoms with E-state index in [1.54, 1.807) is 7.11 Å². The van der Waals surface area contributed by atoms with Crippen LogP contribution in [-0.4, -0.2) is 20.3 Å². The van der Waals surface area contributed by atoms with Gasteiger partial charge in [-0.05, 0) is 34.1 Å². The van der Waals surface area contributed by atoms with Crippen LogP contribution in [0.15, 0.2) is 22.7 Å². The molecule has 0 aliphatic heterocycles. The van der Waals surface area contributed by atoms with E-state index in [1.807, 2.05) is 0 Å². The van der Waals surface area contributed by atoms with Crippen molar-refractivity contribution in [2.24, 2.45) is 0 Å². The van der Waals surface area contributed by atoms with Crippen molar-refractivity contribution in [3.8, 4) is 0 Å². The van der Waals surface area contributed by atoms with Crippen molar-refractivity contribution in [1.82, 2.24) is 0 Å². The van der Waals surface area contributed by atoms with Gasteiger partial charge in [-0.2, -0.15) is 13.2 Å². The van der Waals surface area contributed by atoms with Gasteiger partial charge in [0.05, 0.1) is 12.2 Å². The summed E-state index contributed by atoms with van der Waals surface area (Å²) >= 11 is 3.09. The Hall–Kier alpha value is -0.750. The lowest BCUT2D eigenvalue weighted by Gasteiger charge is -2.11. The second-order valence-corrected chi connectivity index (χ2v) is 3.97. The molecule has 0 saturated heterocycles. The summed E-state index contributed by atoms with van der Waals surface area (Å²) in [4.78, 5) is 0. The second kappa shape index (κ2) is 5.54. The predicted molar refractivity (Wildman–Crippen MR) is 59.5 cm³/mol. The van der Waals surface area contributed by atoms with E-state index >= 15 is 0 Å². The maximum Gasteiger partial charge on any atom is 0.416 e. The minimum atomic E-state index is -4.31. The molecule has 1 rings (SSSR count). The molecule has 0 saturated carbocycles. The Kier molecular flexibility index (Phi) is 4.61. The van der Waals surface area contributed by atoms with Crippen molar-refractivity contribution in [3.63, 3.8) is 0 Å². The zero-order valence-corrected chi connectivity index (χ0v) is 10.2. The van der Waals surface area contributed by atoms with Gasteiger partial charge in [0.2, 0.25) is 0 Å². The lowest BCUT2D eigenvalue weighted by molar-refractivity contribution is -0.137. The maximum absolute atomic E-state index is 12.3. The summed E-state index contributed by atoms with van der Waals surface area (Å²) in [7, 11) is 1.56. The number of alkyl halides is 3. The van der Waals surface area contributed by atoms with Crippen LogP contribution in [0.2, 0.25) is 0 Å². The number of methoxy groups -OCH3 is 1. The van der Waals surface area contributed by atoms with Gasteiger partial charge in [-0.15, -0.1) is 0 Å². The van der Waals surface area contributed by atoms with Gasteiger partial charge in [-0.3, -0.25) is 0 Å². The fourth-order valence-corrected chi connectivity index (χ4v) is 1.64. The molecule has 16 heavy (non-hydrogen) atoms. The molecule has 0 radical (unpaired) electrons. The fraction of sp³-hybridized carbons (Fsp3) is 0.400. The van der Waals surface area contributed by atoms with E-state index in [1.165, 1.54) is 6.07 Å². The van der Waals surface area contributed by atoms with Gasteiger partial charge in [0, 0.05) is 23.8 Å². The van der Waals surface area contributed by atoms with E-state index in [9.17, 15) is 13.2 Å². The van der Waals surface area contributed by atoms with Gasteiger partial charge in [0.15, 0.2) is 0 Å². The number of halogens is 4. The Labute approximate surface area is 99.9 Å². The number of benzene rings is 1. The summed E-state index contributed by atoms with van der Waals surface area (Å²) in [5.74, 6) is 0. The number of rotatable bonds is 4. The molecule has 0 atom stereocenters. The van der Waals surface area contributed by atoms with Gasteiger partial charge in [0.25, 0.3) is 0 Å². The molecule has 0 amide bonds. The molecule has 0 aromatic heterocycles. The Morgan fingerprint density at radius 2 is 2.06 bits per heavy atom. The molecule has 0 spiro atoms. The quantitative estimate of drug-likeness (QED) is 0.859. The average molecular weight is 298 g/mol. The highest BCUT2D eigenvalue weighted by Gasteiger charge is 2.30. The van der Waals surface area contributed by atoms with Gasteiger partial charge >= 0.3 is 6.18 Å². The monoisotopic (exact) mass is 297 g/mol. The Morgan fingerprint density at radius 1 is 1.38 bits per heavy atom. The van der Waals surface area contributed by atoms with Crippen molar-refractivity contribution < 1.29 is 17.9 Å². The molecule has 0 fully saturated rings. The van der Waals surface area contributed by atoms with Gasteiger partial charge in [-0.25, -0.2) is 0 Å². The van der Waals surface area contributed by atoms with Crippen LogP contribution in [0.4, 0.5) is 18.9 Å². The van der Waals surface area contributed by atoms with Crippen LogP contribution in [0.25, 0.3) is 0 Å². The normalized spacial score (nSPS) is 11.6. The molecule has 2 nitrogen and oxygen atoms in total. The summed E-state index contributed by atoms with van der Waals surface area (Å²) in [6.45, 7) is 1.04. The average Bonchev–Trinajstić information content (AvgIpc) is 2.19. The number of anilines is 1. The molecular weight excluding hydrogens is 287 g/mol. The molecule has 6 heteroatoms. The molecular formula is C10H11BrF3NO. The van der Waals surface area contributed by atoms with E-state index in [0.717, 1.165) is 12.1 Å². The van der Waals surface area contributed by atoms with Gasteiger partial charge in [0.1, 0.15) is 0 Å². The highest BCUT2D eigenvalue weighted by atomic mass is 79.9. The molecule has 0 aliphatic carbocycles. The molecule has 0 unspecified atom stereocenters. The number of ether oxygens (including phenoxy) is 1. The third kappa shape index (κ3) is 3.68. The van der Waals surface area contributed by atoms with Crippen LogP contribution in [0, 0.1) is 0 Å². The highest BCUT2D eigenvalue weighted by molar-refractivity contribution is 9.10. The van der Waals surface area contributed by atoms with Crippen LogP contribution in [-0.2, 0) is 10.9 Å². The van der Waals surface area contributed by atoms with Gasteiger partial charge in [-0.1, -0.05) is 0 Å². The minimum absolute atomic E-state index is 0.387. The van der Waals surface area contributed by atoms with E-state index < -0.39 is 11.7 Å². The summed E-state index contributed by atoms with van der Waals surface area (Å²) in [6, 6.07) is 3.48. The van der Waals surface area contributed by atoms with Crippen molar-refractivity contribution in [1.29, 1.82) is 0 Å². The molecule has 0 aliphatic rings. The lowest BCUT2D eigenvalue weighted by Crippen LogP contribution is -2.09. The third-order valence-electron chi connectivity index (χ3n) is 1.92. The zero-order chi connectivity index (χ0) is 12.2. The second-order valence-electron chi connectivity index (χ2n) is 3.11. The zero-order valence-electron chi connectivity index (χ0n) is 8.57. The molecule has 0 heterocycles. The first-order valence-corrected chi connectivity index (χ1v) is 5.34. The first-order valence-electron chi connectivity index (χ1n) is 4.54. The van der Waals surface area contributed by atoms with Crippen LogP contribution in [0.1, 0.15) is 5.56 Å². The first-order chi connectivity index (χ1) is 7.45. The van der Waals surface area contributed by atoms with Crippen LogP contribution < -0.4 is 5.32 Å². The van der Waals surface area contributed by atoms with E-state index in [4.69, 9.17) is 4.74 Å². The fourth-order valence-electron chi connectivity index (χ4n) is 1.12. The van der Waals surface area contributed by atoms with Crippen LogP contribution in [0.5, 0.6) is 0 Å². The van der Waals surface area contributed by atoms with Crippen molar-refractivity contribution in [3.05, 3.63) is 28.2 Å². The largest absolute Gasteiger partial charge is 0.416 e. The third-order valence-corrected chi connectivity index (χ3v) is 2.57. The van der Waals surface area contributed by atoms with Crippen molar-refractivity contribution >= 4 is 21.6 Å². The van der Waals surface area contributed by atoms with E-state index in [2.05, 4.69) is 21.2 Å². The summed E-state index contributed by atoms with van der Waals surface area (Å²) < 4.78 is 42.2. The van der Waals surface area contributed by atoms with Gasteiger partial charge < -0.3 is 10.1 Å². The molecule has 90 valence electrons. The number of hydrogen-bond acceptors (Lipinski definition) is 2. The standard InChI is InChI=1S/C10H11BrF3NO/c1-16-5-4-15-9-3-2-7(6-8(9)11)10(12,13)14/h2-3,6,15H,4-5H2,1H3. The summed E-state index contributed by atoms with van der Waals surface area (Å²) in [5.41, 5.74) is -0.0540. The molecule has 0 bridgehead atoms. The molecule has 1 aromatic carbocycles. The van der Waals surface area contributed by atoms with Crippen LogP contribution >= 0.6 is 15.9 Å². The van der Waals surface area contributed by atoms with Crippen molar-refractivity contribution in [2.75, 3.05) is 25.6 Å². The Balaban J connectivity index is 2.76. The topological polar surface area (TPSA) is 21.3 Å². The smallest absolute Gasteiger partial charge is 0.383 e. The SMILES string of the molecule is COCCNc1ccc(C(F)(F)F)cc1Br. The first kappa shape index (κ1) is 13.3. The Bertz CT molecular complexity index is 354. The highest BCUT2D eigenvalue weighted by Crippen LogP contribution is 2.33. The molecule has 1 N–H and O–H groups in total. The van der Waals surface area contributed by atoms with E-state index in [0.29, 0.717) is 23.3 Å². The van der Waals surface area contributed by atoms with Crippen molar-refractivity contribution in [2.45, 2.75) is 6.18 Å².